The lowest BCUT2D eigenvalue weighted by Crippen LogP contribution is -2.11. The third kappa shape index (κ3) is 3.74. The van der Waals surface area contributed by atoms with Crippen LogP contribution in [0.1, 0.15) is 0 Å². The highest BCUT2D eigenvalue weighted by Crippen LogP contribution is 2.26. The maximum Gasteiger partial charge on any atom is 0.235 e. The molecule has 9 heteroatoms. The summed E-state index contributed by atoms with van der Waals surface area (Å²) in [5.41, 5.74) is 0. The van der Waals surface area contributed by atoms with Crippen molar-refractivity contribution in [2.75, 3.05) is 12.4 Å². The van der Waals surface area contributed by atoms with E-state index in [1.54, 1.807) is 0 Å². The third-order valence-electron chi connectivity index (χ3n) is 1.65. The Morgan fingerprint density at radius 3 is 2.00 bits per heavy atom. The Labute approximate surface area is 98.4 Å². The Kier molecular flexibility index (Phi) is 4.21. The first kappa shape index (κ1) is 14.0. The lowest BCUT2D eigenvalue weighted by Gasteiger charge is -2.08. The smallest absolute Gasteiger partial charge is 0.235 e. The van der Waals surface area contributed by atoms with Crippen molar-refractivity contribution in [3.05, 3.63) is 29.3 Å². The minimum absolute atomic E-state index is 0.00974. The summed E-state index contributed by atoms with van der Waals surface area (Å²) in [4.78, 5) is 0. The normalized spacial score (nSPS) is 11.6. The first-order valence-electron chi connectivity index (χ1n) is 4.10. The summed E-state index contributed by atoms with van der Waals surface area (Å²) in [5, 5.41) is 0. The third-order valence-corrected chi connectivity index (χ3v) is 2.76. The molecule has 0 aromatic heterocycles. The summed E-state index contributed by atoms with van der Waals surface area (Å²) in [6.45, 7) is -0.734. The average molecular weight is 293 g/mol. The van der Waals surface area contributed by atoms with E-state index in [9.17, 15) is 26.0 Å². The maximum absolute atomic E-state index is 13.0. The molecule has 0 aliphatic heterocycles. The van der Waals surface area contributed by atoms with E-state index < -0.39 is 50.4 Å². The molecule has 0 aliphatic carbocycles. The summed E-state index contributed by atoms with van der Waals surface area (Å²) in [7, 11) is 0.873. The molecule has 96 valence electrons. The van der Waals surface area contributed by atoms with E-state index in [4.69, 9.17) is 10.7 Å². The molecule has 0 unspecified atom stereocenters. The Morgan fingerprint density at radius 1 is 1.12 bits per heavy atom. The van der Waals surface area contributed by atoms with Gasteiger partial charge in [-0.2, -0.15) is 8.78 Å². The molecule has 0 N–H and O–H groups in total. The fourth-order valence-corrected chi connectivity index (χ4v) is 1.39. The van der Waals surface area contributed by atoms with Crippen molar-refractivity contribution in [3.63, 3.8) is 0 Å². The Morgan fingerprint density at radius 2 is 1.59 bits per heavy atom. The topological polar surface area (TPSA) is 43.4 Å². The Bertz CT molecular complexity index is 506. The SMILES string of the molecule is O=S(=O)(Cl)CCOc1c(F)c(F)cc(F)c1F. The van der Waals surface area contributed by atoms with Crippen molar-refractivity contribution in [1.82, 2.24) is 0 Å². The van der Waals surface area contributed by atoms with Crippen molar-refractivity contribution in [2.45, 2.75) is 0 Å². The van der Waals surface area contributed by atoms with Crippen LogP contribution in [0.2, 0.25) is 0 Å². The molecular formula is C8H5ClF4O3S. The summed E-state index contributed by atoms with van der Waals surface area (Å²) in [5.74, 6) is -8.85. The highest BCUT2D eigenvalue weighted by molar-refractivity contribution is 8.13. The van der Waals surface area contributed by atoms with Gasteiger partial charge in [-0.05, 0) is 0 Å². The lowest BCUT2D eigenvalue weighted by atomic mass is 10.3. The molecule has 1 aromatic rings. The van der Waals surface area contributed by atoms with Gasteiger partial charge in [0.05, 0.1) is 5.75 Å². The summed E-state index contributed by atoms with van der Waals surface area (Å²) < 4.78 is 76.6. The van der Waals surface area contributed by atoms with E-state index >= 15 is 0 Å². The van der Waals surface area contributed by atoms with Gasteiger partial charge in [0.25, 0.3) is 0 Å². The van der Waals surface area contributed by atoms with Gasteiger partial charge in [0.1, 0.15) is 6.61 Å². The second-order valence-corrected chi connectivity index (χ2v) is 5.79. The number of rotatable bonds is 4. The molecule has 17 heavy (non-hydrogen) atoms. The van der Waals surface area contributed by atoms with Crippen LogP contribution < -0.4 is 4.74 Å². The van der Waals surface area contributed by atoms with Crippen LogP contribution >= 0.6 is 10.7 Å². The molecule has 0 heterocycles. The van der Waals surface area contributed by atoms with Gasteiger partial charge in [0.2, 0.25) is 20.7 Å². The molecule has 0 radical (unpaired) electrons. The predicted octanol–water partition coefficient (Wildman–Crippen LogP) is 2.19. The molecule has 0 amide bonds. The molecule has 0 bridgehead atoms. The number of ether oxygens (including phenoxy) is 1. The zero-order valence-corrected chi connectivity index (χ0v) is 9.59. The van der Waals surface area contributed by atoms with E-state index in [1.807, 2.05) is 0 Å². The summed E-state index contributed by atoms with van der Waals surface area (Å²) >= 11 is 0. The summed E-state index contributed by atoms with van der Waals surface area (Å²) in [6, 6.07) is 0.00974. The first-order valence-corrected chi connectivity index (χ1v) is 6.58. The Hall–Kier alpha value is -1.02. The minimum atomic E-state index is -3.93. The summed E-state index contributed by atoms with van der Waals surface area (Å²) in [6.07, 6.45) is 0. The van der Waals surface area contributed by atoms with Crippen LogP contribution in [0, 0.1) is 23.3 Å². The number of halogens is 5. The number of hydrogen-bond donors (Lipinski definition) is 0. The van der Waals surface area contributed by atoms with Gasteiger partial charge in [0, 0.05) is 16.7 Å². The van der Waals surface area contributed by atoms with E-state index in [0.29, 0.717) is 0 Å². The van der Waals surface area contributed by atoms with Crippen LogP contribution in [0.3, 0.4) is 0 Å². The molecule has 0 atom stereocenters. The molecule has 0 aliphatic rings. The highest BCUT2D eigenvalue weighted by Gasteiger charge is 2.21. The second kappa shape index (κ2) is 5.09. The van der Waals surface area contributed by atoms with Gasteiger partial charge in [-0.3, -0.25) is 0 Å². The molecule has 1 rings (SSSR count). The van der Waals surface area contributed by atoms with Crippen molar-refractivity contribution in [1.29, 1.82) is 0 Å². The van der Waals surface area contributed by atoms with Gasteiger partial charge in [0.15, 0.2) is 17.4 Å². The highest BCUT2D eigenvalue weighted by atomic mass is 35.7. The van der Waals surface area contributed by atoms with Gasteiger partial charge in [-0.25, -0.2) is 17.2 Å². The zero-order valence-electron chi connectivity index (χ0n) is 8.01. The van der Waals surface area contributed by atoms with Gasteiger partial charge in [-0.1, -0.05) is 0 Å². The van der Waals surface area contributed by atoms with Gasteiger partial charge < -0.3 is 4.74 Å². The van der Waals surface area contributed by atoms with Crippen molar-refractivity contribution < 1.29 is 30.7 Å². The van der Waals surface area contributed by atoms with Gasteiger partial charge >= 0.3 is 0 Å². The molecule has 0 saturated heterocycles. The Balaban J connectivity index is 2.91. The van der Waals surface area contributed by atoms with Crippen molar-refractivity contribution >= 4 is 19.7 Å². The molecule has 1 aromatic carbocycles. The largest absolute Gasteiger partial charge is 0.486 e. The zero-order chi connectivity index (χ0) is 13.2. The van der Waals surface area contributed by atoms with E-state index in [0.717, 1.165) is 0 Å². The van der Waals surface area contributed by atoms with Crippen molar-refractivity contribution in [3.8, 4) is 5.75 Å². The van der Waals surface area contributed by atoms with Crippen molar-refractivity contribution in [2.24, 2.45) is 0 Å². The number of benzene rings is 1. The van der Waals surface area contributed by atoms with E-state index in [2.05, 4.69) is 4.74 Å². The van der Waals surface area contributed by atoms with E-state index in [1.165, 1.54) is 0 Å². The predicted molar refractivity (Wildman–Crippen MR) is 51.4 cm³/mol. The van der Waals surface area contributed by atoms with Crippen LogP contribution in [-0.4, -0.2) is 20.8 Å². The molecule has 0 saturated carbocycles. The molecule has 0 spiro atoms. The van der Waals surface area contributed by atoms with Crippen LogP contribution in [0.25, 0.3) is 0 Å². The number of hydrogen-bond acceptors (Lipinski definition) is 3. The fourth-order valence-electron chi connectivity index (χ4n) is 0.921. The monoisotopic (exact) mass is 292 g/mol. The van der Waals surface area contributed by atoms with Gasteiger partial charge in [-0.15, -0.1) is 0 Å². The standard InChI is InChI=1S/C8H5ClF4O3S/c9-17(14,15)2-1-16-8-6(12)4(10)3-5(11)7(8)13/h3H,1-2H2. The minimum Gasteiger partial charge on any atom is -0.486 e. The first-order chi connectivity index (χ1) is 7.72. The lowest BCUT2D eigenvalue weighted by molar-refractivity contribution is 0.288. The molecule has 0 fully saturated rings. The van der Waals surface area contributed by atoms with Crippen LogP contribution in [0.4, 0.5) is 17.6 Å². The maximum atomic E-state index is 13.0. The quantitative estimate of drug-likeness (QED) is 0.485. The van der Waals surface area contributed by atoms with Crippen LogP contribution in [0.15, 0.2) is 6.07 Å². The van der Waals surface area contributed by atoms with Crippen LogP contribution in [-0.2, 0) is 9.05 Å². The van der Waals surface area contributed by atoms with Crippen LogP contribution in [0.5, 0.6) is 5.75 Å². The molecule has 3 nitrogen and oxygen atoms in total. The molecular weight excluding hydrogens is 288 g/mol. The van der Waals surface area contributed by atoms with E-state index in [-0.39, 0.29) is 6.07 Å². The fraction of sp³-hybridized carbons (Fsp3) is 0.250. The second-order valence-electron chi connectivity index (χ2n) is 2.89. The average Bonchev–Trinajstić information content (AvgIpc) is 2.19.